The molecule has 0 aliphatic rings. The summed E-state index contributed by atoms with van der Waals surface area (Å²) in [4.78, 5) is 11.2. The summed E-state index contributed by atoms with van der Waals surface area (Å²) in [5.74, 6) is 0.230. The van der Waals surface area contributed by atoms with Gasteiger partial charge in [-0.2, -0.15) is 0 Å². The molecule has 0 heterocycles. The molecule has 0 aliphatic heterocycles. The molecule has 1 aromatic rings. The molecule has 0 N–H and O–H groups in total. The van der Waals surface area contributed by atoms with Crippen LogP contribution in [0.4, 0.5) is 0 Å². The summed E-state index contributed by atoms with van der Waals surface area (Å²) in [5.41, 5.74) is 3.40. The van der Waals surface area contributed by atoms with Crippen LogP contribution in [0.1, 0.15) is 44.2 Å². The van der Waals surface area contributed by atoms with Crippen LogP contribution in [0.5, 0.6) is 0 Å². The minimum absolute atomic E-state index is 0.296. The topological polar surface area (TPSA) is 26.3 Å². The van der Waals surface area contributed by atoms with Crippen molar-refractivity contribution in [3.8, 4) is 0 Å². The third kappa shape index (κ3) is 3.74. The van der Waals surface area contributed by atoms with E-state index in [9.17, 15) is 4.79 Å². The summed E-state index contributed by atoms with van der Waals surface area (Å²) in [6, 6.07) is 8.35. The van der Waals surface area contributed by atoms with Gasteiger partial charge in [0, 0.05) is 6.08 Å². The summed E-state index contributed by atoms with van der Waals surface area (Å²) in [7, 11) is 1.40. The van der Waals surface area contributed by atoms with Crippen molar-refractivity contribution in [2.75, 3.05) is 7.11 Å². The van der Waals surface area contributed by atoms with Gasteiger partial charge in [-0.15, -0.1) is 0 Å². The van der Waals surface area contributed by atoms with E-state index in [1.54, 1.807) is 6.08 Å². The summed E-state index contributed by atoms with van der Waals surface area (Å²) in [6.45, 7) is 6.37. The fourth-order valence-corrected chi connectivity index (χ4v) is 1.67. The molecule has 0 fully saturated rings. The molecule has 92 valence electrons. The van der Waals surface area contributed by atoms with Gasteiger partial charge in [0.1, 0.15) is 0 Å². The first-order chi connectivity index (χ1) is 8.08. The average molecular weight is 232 g/mol. The molecular weight excluding hydrogens is 212 g/mol. The van der Waals surface area contributed by atoms with Crippen LogP contribution in [0.3, 0.4) is 0 Å². The summed E-state index contributed by atoms with van der Waals surface area (Å²) < 4.78 is 4.65. The van der Waals surface area contributed by atoms with Gasteiger partial charge in [0.2, 0.25) is 0 Å². The van der Waals surface area contributed by atoms with Crippen LogP contribution in [0, 0.1) is 0 Å². The number of carbonyl (C=O) groups excluding carboxylic acids is 1. The van der Waals surface area contributed by atoms with E-state index < -0.39 is 0 Å². The first-order valence-corrected chi connectivity index (χ1v) is 5.97. The Kier molecular flexibility index (Phi) is 4.95. The Labute approximate surface area is 103 Å². The predicted octanol–water partition coefficient (Wildman–Crippen LogP) is 3.78. The van der Waals surface area contributed by atoms with Gasteiger partial charge in [0.15, 0.2) is 0 Å². The predicted molar refractivity (Wildman–Crippen MR) is 70.8 cm³/mol. The van der Waals surface area contributed by atoms with Gasteiger partial charge in [-0.1, -0.05) is 45.0 Å². The Morgan fingerprint density at radius 1 is 1.29 bits per heavy atom. The first-order valence-electron chi connectivity index (χ1n) is 5.97. The molecule has 0 unspecified atom stereocenters. The van der Waals surface area contributed by atoms with Crippen molar-refractivity contribution >= 4 is 11.5 Å². The van der Waals surface area contributed by atoms with Gasteiger partial charge in [0.05, 0.1) is 7.11 Å². The number of allylic oxidation sites excluding steroid dienone is 1. The van der Waals surface area contributed by atoms with Crippen LogP contribution in [-0.2, 0) is 9.53 Å². The second-order valence-corrected chi connectivity index (χ2v) is 4.32. The van der Waals surface area contributed by atoms with Crippen molar-refractivity contribution in [1.29, 1.82) is 0 Å². The molecule has 17 heavy (non-hydrogen) atoms. The van der Waals surface area contributed by atoms with E-state index in [-0.39, 0.29) is 5.97 Å². The minimum Gasteiger partial charge on any atom is -0.466 e. The maximum absolute atomic E-state index is 11.2. The van der Waals surface area contributed by atoms with Crippen LogP contribution >= 0.6 is 0 Å². The molecule has 2 nitrogen and oxygen atoms in total. The second kappa shape index (κ2) is 6.24. The van der Waals surface area contributed by atoms with Crippen LogP contribution < -0.4 is 0 Å². The Bertz CT molecular complexity index is 399. The molecule has 0 aliphatic carbocycles. The zero-order valence-corrected chi connectivity index (χ0v) is 11.0. The van der Waals surface area contributed by atoms with E-state index in [4.69, 9.17) is 0 Å². The van der Waals surface area contributed by atoms with Crippen LogP contribution in [-0.4, -0.2) is 13.1 Å². The molecule has 0 bridgehead atoms. The van der Waals surface area contributed by atoms with E-state index in [2.05, 4.69) is 42.8 Å². The molecule has 2 heteroatoms. The molecule has 0 atom stereocenters. The standard InChI is InChI=1S/C15H20O2/c1-5-12(10-15(16)17-4)14-8-6-13(7-9-14)11(2)3/h6-11H,5H2,1-4H3. The van der Waals surface area contributed by atoms with E-state index >= 15 is 0 Å². The molecule has 0 radical (unpaired) electrons. The quantitative estimate of drug-likeness (QED) is 0.583. The van der Waals surface area contributed by atoms with E-state index in [1.165, 1.54) is 12.7 Å². The second-order valence-electron chi connectivity index (χ2n) is 4.32. The maximum Gasteiger partial charge on any atom is 0.330 e. The van der Waals surface area contributed by atoms with Crippen molar-refractivity contribution in [3.63, 3.8) is 0 Å². The van der Waals surface area contributed by atoms with Gasteiger partial charge in [-0.25, -0.2) is 4.79 Å². The highest BCUT2D eigenvalue weighted by atomic mass is 16.5. The van der Waals surface area contributed by atoms with E-state index in [1.807, 2.05) is 6.92 Å². The Morgan fingerprint density at radius 2 is 1.88 bits per heavy atom. The zero-order chi connectivity index (χ0) is 12.8. The lowest BCUT2D eigenvalue weighted by molar-refractivity contribution is -0.134. The largest absolute Gasteiger partial charge is 0.466 e. The van der Waals surface area contributed by atoms with Gasteiger partial charge >= 0.3 is 5.97 Å². The first kappa shape index (κ1) is 13.5. The van der Waals surface area contributed by atoms with Crippen molar-refractivity contribution in [3.05, 3.63) is 41.5 Å². The molecule has 1 rings (SSSR count). The highest BCUT2D eigenvalue weighted by molar-refractivity contribution is 5.91. The summed E-state index contributed by atoms with van der Waals surface area (Å²) in [5, 5.41) is 0. The van der Waals surface area contributed by atoms with Crippen LogP contribution in [0.25, 0.3) is 5.57 Å². The number of rotatable bonds is 4. The minimum atomic E-state index is -0.296. The van der Waals surface area contributed by atoms with Crippen molar-refractivity contribution in [2.45, 2.75) is 33.1 Å². The third-order valence-electron chi connectivity index (χ3n) is 2.82. The van der Waals surface area contributed by atoms with Gasteiger partial charge in [-0.3, -0.25) is 0 Å². The fourth-order valence-electron chi connectivity index (χ4n) is 1.67. The lowest BCUT2D eigenvalue weighted by Crippen LogP contribution is -1.97. The normalized spacial score (nSPS) is 11.7. The van der Waals surface area contributed by atoms with Crippen molar-refractivity contribution in [2.24, 2.45) is 0 Å². The highest BCUT2D eigenvalue weighted by Gasteiger charge is 2.04. The fraction of sp³-hybridized carbons (Fsp3) is 0.400. The lowest BCUT2D eigenvalue weighted by atomic mass is 9.97. The SMILES string of the molecule is CCC(=CC(=O)OC)c1ccc(C(C)C)cc1. The van der Waals surface area contributed by atoms with Gasteiger partial charge in [0.25, 0.3) is 0 Å². The Morgan fingerprint density at radius 3 is 2.29 bits per heavy atom. The van der Waals surface area contributed by atoms with Crippen molar-refractivity contribution < 1.29 is 9.53 Å². The monoisotopic (exact) mass is 232 g/mol. The average Bonchev–Trinajstić information content (AvgIpc) is 2.35. The highest BCUT2D eigenvalue weighted by Crippen LogP contribution is 2.21. The van der Waals surface area contributed by atoms with E-state index in [0.29, 0.717) is 5.92 Å². The molecule has 0 aromatic heterocycles. The van der Waals surface area contributed by atoms with Crippen LogP contribution in [0.15, 0.2) is 30.3 Å². The lowest BCUT2D eigenvalue weighted by Gasteiger charge is -2.08. The number of carbonyl (C=O) groups is 1. The smallest absolute Gasteiger partial charge is 0.330 e. The van der Waals surface area contributed by atoms with Gasteiger partial charge < -0.3 is 4.74 Å². The maximum atomic E-state index is 11.2. The molecule has 0 spiro atoms. The van der Waals surface area contributed by atoms with Crippen LogP contribution in [0.2, 0.25) is 0 Å². The summed E-state index contributed by atoms with van der Waals surface area (Å²) in [6.07, 6.45) is 2.38. The summed E-state index contributed by atoms with van der Waals surface area (Å²) >= 11 is 0. The zero-order valence-electron chi connectivity index (χ0n) is 11.0. The van der Waals surface area contributed by atoms with Crippen molar-refractivity contribution in [1.82, 2.24) is 0 Å². The number of hydrogen-bond donors (Lipinski definition) is 0. The van der Waals surface area contributed by atoms with Gasteiger partial charge in [-0.05, 0) is 29.0 Å². The molecule has 0 saturated carbocycles. The number of esters is 1. The number of ether oxygens (including phenoxy) is 1. The molecular formula is C15H20O2. The number of benzene rings is 1. The molecule has 0 saturated heterocycles. The van der Waals surface area contributed by atoms with E-state index in [0.717, 1.165) is 17.6 Å². The number of methoxy groups -OCH3 is 1. The number of hydrogen-bond acceptors (Lipinski definition) is 2. The molecule has 0 amide bonds. The Hall–Kier alpha value is -1.57. The Balaban J connectivity index is 2.97. The third-order valence-corrected chi connectivity index (χ3v) is 2.82. The molecule has 1 aromatic carbocycles.